The van der Waals surface area contributed by atoms with Gasteiger partial charge >= 0.3 is 0 Å². The number of halogens is 2. The standard InChI is InChI=1S/C23H26Cl2N6O2/c1-23(31-9-2-3-14(31)11-19(32)28-17-6-7-27-22(17)33)12-18(30-10-8-26-13-30)15-4-5-16(24)20(25)21(15)29-23/h4-5,8,10,12-14,17,29H,2-3,6-7,9,11H2,1H3,(H,27,33)(H,28,32)/t14-,17?,23?/m0/s1. The first-order chi connectivity index (χ1) is 15.9. The lowest BCUT2D eigenvalue weighted by Gasteiger charge is -2.45. The normalized spacial score (nSPS) is 27.0. The van der Waals surface area contributed by atoms with Crippen molar-refractivity contribution in [1.29, 1.82) is 0 Å². The number of benzene rings is 1. The molecule has 2 aromatic rings. The highest BCUT2D eigenvalue weighted by molar-refractivity contribution is 6.44. The van der Waals surface area contributed by atoms with E-state index in [4.69, 9.17) is 23.2 Å². The van der Waals surface area contributed by atoms with E-state index >= 15 is 0 Å². The lowest BCUT2D eigenvalue weighted by molar-refractivity contribution is -0.128. The van der Waals surface area contributed by atoms with Crippen LogP contribution >= 0.6 is 23.2 Å². The maximum atomic E-state index is 12.8. The minimum Gasteiger partial charge on any atom is -0.362 e. The summed E-state index contributed by atoms with van der Waals surface area (Å²) >= 11 is 13.0. The van der Waals surface area contributed by atoms with Gasteiger partial charge in [-0.1, -0.05) is 23.2 Å². The molecule has 3 atom stereocenters. The Labute approximate surface area is 202 Å². The van der Waals surface area contributed by atoms with E-state index in [1.807, 2.05) is 16.8 Å². The lowest BCUT2D eigenvalue weighted by atomic mass is 9.96. The van der Waals surface area contributed by atoms with Gasteiger partial charge in [0.1, 0.15) is 11.7 Å². The topological polar surface area (TPSA) is 91.3 Å². The Hall–Kier alpha value is -2.55. The number of carbonyl (C=O) groups is 2. The van der Waals surface area contributed by atoms with Crippen molar-refractivity contribution in [1.82, 2.24) is 25.1 Å². The van der Waals surface area contributed by atoms with Crippen molar-refractivity contribution in [3.63, 3.8) is 0 Å². The highest BCUT2D eigenvalue weighted by Crippen LogP contribution is 2.44. The molecule has 33 heavy (non-hydrogen) atoms. The van der Waals surface area contributed by atoms with Gasteiger partial charge in [-0.3, -0.25) is 14.5 Å². The largest absolute Gasteiger partial charge is 0.362 e. The summed E-state index contributed by atoms with van der Waals surface area (Å²) in [5.41, 5.74) is 2.03. The van der Waals surface area contributed by atoms with E-state index in [0.29, 0.717) is 29.4 Å². The number of carbonyl (C=O) groups excluding carboxylic acids is 2. The predicted octanol–water partition coefficient (Wildman–Crippen LogP) is 3.08. The minimum atomic E-state index is -0.604. The third-order valence-electron chi connectivity index (χ3n) is 6.73. The fraction of sp³-hybridized carbons (Fsp3) is 0.435. The van der Waals surface area contributed by atoms with Crippen LogP contribution in [0.15, 0.2) is 36.9 Å². The molecule has 1 aromatic heterocycles. The SMILES string of the molecule is CC1(N2CCC[C@H]2CC(=O)NC2CCNC2=O)C=C(n2ccnc2)c2ccc(Cl)c(Cl)c2N1. The zero-order valence-corrected chi connectivity index (χ0v) is 19.8. The van der Waals surface area contributed by atoms with E-state index in [0.717, 1.165) is 36.3 Å². The second-order valence-electron chi connectivity index (χ2n) is 8.95. The van der Waals surface area contributed by atoms with Gasteiger partial charge in [-0.25, -0.2) is 4.98 Å². The molecule has 0 bridgehead atoms. The summed E-state index contributed by atoms with van der Waals surface area (Å²) in [7, 11) is 0. The Bertz CT molecular complexity index is 1120. The van der Waals surface area contributed by atoms with E-state index in [9.17, 15) is 9.59 Å². The van der Waals surface area contributed by atoms with Gasteiger partial charge in [0, 0.05) is 43.5 Å². The molecular weight excluding hydrogens is 463 g/mol. The maximum Gasteiger partial charge on any atom is 0.242 e. The Morgan fingerprint density at radius 1 is 1.33 bits per heavy atom. The Balaban J connectivity index is 1.44. The van der Waals surface area contributed by atoms with Gasteiger partial charge in [-0.2, -0.15) is 0 Å². The number of rotatable bonds is 5. The number of nitrogens with one attached hydrogen (secondary N) is 3. The molecule has 3 N–H and O–H groups in total. The van der Waals surface area contributed by atoms with Gasteiger partial charge in [-0.05, 0) is 44.4 Å². The van der Waals surface area contributed by atoms with Crippen LogP contribution in [0, 0.1) is 0 Å². The molecule has 8 nitrogen and oxygen atoms in total. The first-order valence-corrected chi connectivity index (χ1v) is 11.9. The second-order valence-corrected chi connectivity index (χ2v) is 9.73. The van der Waals surface area contributed by atoms with Crippen molar-refractivity contribution < 1.29 is 9.59 Å². The van der Waals surface area contributed by atoms with Crippen molar-refractivity contribution in [3.8, 4) is 0 Å². The summed E-state index contributed by atoms with van der Waals surface area (Å²) in [6, 6.07) is 3.33. The van der Waals surface area contributed by atoms with Crippen LogP contribution in [-0.2, 0) is 9.59 Å². The molecule has 10 heteroatoms. The summed E-state index contributed by atoms with van der Waals surface area (Å²) in [5, 5.41) is 10.2. The zero-order chi connectivity index (χ0) is 23.2. The van der Waals surface area contributed by atoms with Crippen LogP contribution in [0.3, 0.4) is 0 Å². The molecule has 0 spiro atoms. The molecule has 3 aliphatic rings. The number of anilines is 1. The molecule has 2 fully saturated rings. The Morgan fingerprint density at radius 3 is 2.91 bits per heavy atom. The molecule has 2 saturated heterocycles. The summed E-state index contributed by atoms with van der Waals surface area (Å²) < 4.78 is 1.96. The van der Waals surface area contributed by atoms with Gasteiger partial charge in [0.05, 0.1) is 27.8 Å². The van der Waals surface area contributed by atoms with Gasteiger partial charge in [0.15, 0.2) is 0 Å². The zero-order valence-electron chi connectivity index (χ0n) is 18.3. The number of hydrogen-bond donors (Lipinski definition) is 3. The van der Waals surface area contributed by atoms with Crippen LogP contribution in [0.25, 0.3) is 5.70 Å². The van der Waals surface area contributed by atoms with E-state index in [-0.39, 0.29) is 17.9 Å². The smallest absolute Gasteiger partial charge is 0.242 e. The average Bonchev–Trinajstić information content (AvgIpc) is 3.54. The monoisotopic (exact) mass is 488 g/mol. The molecule has 0 saturated carbocycles. The predicted molar refractivity (Wildman–Crippen MR) is 128 cm³/mol. The third kappa shape index (κ3) is 4.11. The molecule has 2 unspecified atom stereocenters. The highest BCUT2D eigenvalue weighted by Gasteiger charge is 2.42. The highest BCUT2D eigenvalue weighted by atomic mass is 35.5. The van der Waals surface area contributed by atoms with Gasteiger partial charge in [-0.15, -0.1) is 0 Å². The van der Waals surface area contributed by atoms with E-state index in [2.05, 4.69) is 38.8 Å². The number of likely N-dealkylation sites (tertiary alicyclic amines) is 1. The second kappa shape index (κ2) is 8.66. The van der Waals surface area contributed by atoms with Crippen molar-refractivity contribution in [2.75, 3.05) is 18.4 Å². The molecular formula is C23H26Cl2N6O2. The molecule has 5 rings (SSSR count). The summed E-state index contributed by atoms with van der Waals surface area (Å²) in [4.78, 5) is 31.1. The van der Waals surface area contributed by atoms with Crippen LogP contribution in [0.4, 0.5) is 5.69 Å². The van der Waals surface area contributed by atoms with Gasteiger partial charge < -0.3 is 20.5 Å². The molecule has 1 aromatic carbocycles. The van der Waals surface area contributed by atoms with Crippen molar-refractivity contribution in [2.24, 2.45) is 0 Å². The third-order valence-corrected chi connectivity index (χ3v) is 7.53. The van der Waals surface area contributed by atoms with Gasteiger partial charge in [0.2, 0.25) is 11.8 Å². The number of nitrogens with zero attached hydrogens (tertiary/aromatic N) is 3. The molecule has 2 amide bonds. The van der Waals surface area contributed by atoms with E-state index < -0.39 is 11.7 Å². The summed E-state index contributed by atoms with van der Waals surface area (Å²) in [6.45, 7) is 3.52. The fourth-order valence-electron chi connectivity index (χ4n) is 5.15. The van der Waals surface area contributed by atoms with Crippen molar-refractivity contribution >= 4 is 46.4 Å². The minimum absolute atomic E-state index is 0.0201. The van der Waals surface area contributed by atoms with Crippen LogP contribution in [-0.4, -0.2) is 57.1 Å². The lowest BCUT2D eigenvalue weighted by Crippen LogP contribution is -2.55. The number of amides is 2. The van der Waals surface area contributed by atoms with E-state index in [1.165, 1.54) is 0 Å². The van der Waals surface area contributed by atoms with Crippen LogP contribution < -0.4 is 16.0 Å². The number of imidazole rings is 1. The van der Waals surface area contributed by atoms with Crippen LogP contribution in [0.2, 0.25) is 10.0 Å². The van der Waals surface area contributed by atoms with Crippen molar-refractivity contribution in [3.05, 3.63) is 52.5 Å². The maximum absolute atomic E-state index is 12.8. The molecule has 0 aliphatic carbocycles. The average molecular weight is 489 g/mol. The number of fused-ring (bicyclic) bond motifs is 1. The van der Waals surface area contributed by atoms with Gasteiger partial charge in [0.25, 0.3) is 0 Å². The molecule has 4 heterocycles. The van der Waals surface area contributed by atoms with E-state index in [1.54, 1.807) is 18.6 Å². The summed E-state index contributed by atoms with van der Waals surface area (Å²) in [5.74, 6) is -0.211. The fourth-order valence-corrected chi connectivity index (χ4v) is 5.52. The Morgan fingerprint density at radius 2 is 2.18 bits per heavy atom. The first kappa shape index (κ1) is 22.3. The molecule has 3 aliphatic heterocycles. The van der Waals surface area contributed by atoms with Crippen molar-refractivity contribution in [2.45, 2.75) is 50.4 Å². The quantitative estimate of drug-likeness (QED) is 0.601. The summed E-state index contributed by atoms with van der Waals surface area (Å²) in [6.07, 6.45) is 10.4. The number of hydrogen-bond acceptors (Lipinski definition) is 5. The first-order valence-electron chi connectivity index (χ1n) is 11.2. The van der Waals surface area contributed by atoms with Crippen LogP contribution in [0.1, 0.15) is 38.2 Å². The molecule has 174 valence electrons. The molecule has 0 radical (unpaired) electrons. The Kier molecular flexibility index (Phi) is 5.84. The number of aromatic nitrogens is 2. The van der Waals surface area contributed by atoms with Crippen LogP contribution in [0.5, 0.6) is 0 Å².